The zero-order chi connectivity index (χ0) is 17.2. The van der Waals surface area contributed by atoms with E-state index < -0.39 is 0 Å². The average Bonchev–Trinajstić information content (AvgIpc) is 3.04. The molecule has 0 saturated carbocycles. The quantitative estimate of drug-likeness (QED) is 0.685. The van der Waals surface area contributed by atoms with Crippen molar-refractivity contribution in [3.63, 3.8) is 0 Å². The minimum absolute atomic E-state index is 0.00314. The number of fused-ring (bicyclic) bond motifs is 2. The first-order chi connectivity index (χ1) is 12.2. The average molecular weight is 335 g/mol. The summed E-state index contributed by atoms with van der Waals surface area (Å²) in [5.41, 5.74) is 3.28. The van der Waals surface area contributed by atoms with E-state index in [9.17, 15) is 9.59 Å². The first-order valence-electron chi connectivity index (χ1n) is 8.10. The molecule has 1 aliphatic heterocycles. The van der Waals surface area contributed by atoms with Gasteiger partial charge in [0.15, 0.2) is 6.61 Å². The van der Waals surface area contributed by atoms with E-state index in [2.05, 4.69) is 21.7 Å². The number of carbonyl (C=O) groups is 2. The Bertz CT molecular complexity index is 961. The summed E-state index contributed by atoms with van der Waals surface area (Å²) in [6, 6.07) is 13.1. The summed E-state index contributed by atoms with van der Waals surface area (Å²) in [6.45, 7) is 0.532. The number of nitrogens with one attached hydrogen (secondary N) is 3. The van der Waals surface area contributed by atoms with Gasteiger partial charge in [0.25, 0.3) is 11.8 Å². The monoisotopic (exact) mass is 335 g/mol. The lowest BCUT2D eigenvalue weighted by molar-refractivity contribution is -0.118. The largest absolute Gasteiger partial charge is 0.482 e. The van der Waals surface area contributed by atoms with Crippen LogP contribution in [0.4, 0.5) is 5.69 Å². The molecule has 0 spiro atoms. The summed E-state index contributed by atoms with van der Waals surface area (Å²) < 4.78 is 5.29. The molecule has 2 aromatic carbocycles. The standard InChI is InChI=1S/C19H17N3O3/c23-18-11-25-17-6-5-12(9-16(17)22-18)19(24)20-8-7-13-10-21-15-4-2-1-3-14(13)15/h1-6,9-10,21H,7-8,11H2,(H,20,24)(H,22,23). The SMILES string of the molecule is O=C1COc2ccc(C(=O)NCCc3c[nH]c4ccccc34)cc2N1. The molecule has 25 heavy (non-hydrogen) atoms. The molecule has 2 amide bonds. The van der Waals surface area contributed by atoms with Crippen molar-refractivity contribution < 1.29 is 14.3 Å². The Balaban J connectivity index is 1.41. The highest BCUT2D eigenvalue weighted by Crippen LogP contribution is 2.28. The number of H-pyrrole nitrogens is 1. The maximum absolute atomic E-state index is 12.3. The predicted octanol–water partition coefficient (Wildman–Crippen LogP) is 2.47. The van der Waals surface area contributed by atoms with Gasteiger partial charge < -0.3 is 20.4 Å². The molecule has 1 aliphatic rings. The number of hydrogen-bond donors (Lipinski definition) is 3. The minimum Gasteiger partial charge on any atom is -0.482 e. The fourth-order valence-electron chi connectivity index (χ4n) is 2.98. The number of anilines is 1. The van der Waals surface area contributed by atoms with E-state index in [4.69, 9.17) is 4.74 Å². The topological polar surface area (TPSA) is 83.2 Å². The zero-order valence-electron chi connectivity index (χ0n) is 13.5. The third-order valence-corrected chi connectivity index (χ3v) is 4.23. The molecule has 0 bridgehead atoms. The number of ether oxygens (including phenoxy) is 1. The number of amides is 2. The molecule has 0 atom stereocenters. The number of rotatable bonds is 4. The summed E-state index contributed by atoms with van der Waals surface area (Å²) >= 11 is 0. The Morgan fingerprint density at radius 2 is 2.08 bits per heavy atom. The van der Waals surface area contributed by atoms with Crippen LogP contribution in [-0.4, -0.2) is 29.9 Å². The van der Waals surface area contributed by atoms with Gasteiger partial charge in [-0.3, -0.25) is 9.59 Å². The lowest BCUT2D eigenvalue weighted by Gasteiger charge is -2.18. The lowest BCUT2D eigenvalue weighted by Crippen LogP contribution is -2.28. The molecule has 0 unspecified atom stereocenters. The maximum atomic E-state index is 12.3. The highest BCUT2D eigenvalue weighted by Gasteiger charge is 2.17. The second-order valence-corrected chi connectivity index (χ2v) is 5.91. The van der Waals surface area contributed by atoms with Crippen LogP contribution in [-0.2, 0) is 11.2 Å². The van der Waals surface area contributed by atoms with Crippen LogP contribution >= 0.6 is 0 Å². The first-order valence-corrected chi connectivity index (χ1v) is 8.10. The molecule has 3 aromatic rings. The second-order valence-electron chi connectivity index (χ2n) is 5.91. The Labute approximate surface area is 144 Å². The molecule has 4 rings (SSSR count). The lowest BCUT2D eigenvalue weighted by atomic mass is 10.1. The van der Waals surface area contributed by atoms with E-state index in [1.54, 1.807) is 18.2 Å². The van der Waals surface area contributed by atoms with E-state index >= 15 is 0 Å². The van der Waals surface area contributed by atoms with Crippen molar-refractivity contribution in [2.45, 2.75) is 6.42 Å². The molecule has 0 fully saturated rings. The van der Waals surface area contributed by atoms with E-state index in [1.165, 1.54) is 10.9 Å². The first kappa shape index (κ1) is 15.3. The Morgan fingerprint density at radius 3 is 3.00 bits per heavy atom. The molecule has 3 N–H and O–H groups in total. The van der Waals surface area contributed by atoms with Crippen molar-refractivity contribution in [2.24, 2.45) is 0 Å². The van der Waals surface area contributed by atoms with Crippen LogP contribution in [0.25, 0.3) is 10.9 Å². The van der Waals surface area contributed by atoms with Crippen LogP contribution in [0, 0.1) is 0 Å². The summed E-state index contributed by atoms with van der Waals surface area (Å²) in [5, 5.41) is 6.79. The van der Waals surface area contributed by atoms with Gasteiger partial charge in [-0.05, 0) is 36.2 Å². The number of hydrogen-bond acceptors (Lipinski definition) is 3. The molecular formula is C19H17N3O3. The van der Waals surface area contributed by atoms with Crippen molar-refractivity contribution in [1.29, 1.82) is 0 Å². The van der Waals surface area contributed by atoms with Crippen LogP contribution in [0.1, 0.15) is 15.9 Å². The highest BCUT2D eigenvalue weighted by molar-refractivity contribution is 5.99. The fraction of sp³-hybridized carbons (Fsp3) is 0.158. The van der Waals surface area contributed by atoms with Gasteiger partial charge in [-0.25, -0.2) is 0 Å². The molecule has 2 heterocycles. The van der Waals surface area contributed by atoms with Crippen LogP contribution in [0.15, 0.2) is 48.7 Å². The van der Waals surface area contributed by atoms with E-state index in [1.807, 2.05) is 24.4 Å². The van der Waals surface area contributed by atoms with Crippen LogP contribution in [0.5, 0.6) is 5.75 Å². The summed E-state index contributed by atoms with van der Waals surface area (Å²) in [5.74, 6) is 0.182. The number of benzene rings is 2. The number of carbonyl (C=O) groups excluding carboxylic acids is 2. The van der Waals surface area contributed by atoms with Gasteiger partial charge in [0.2, 0.25) is 0 Å². The van der Waals surface area contributed by atoms with Crippen molar-refractivity contribution in [3.8, 4) is 5.75 Å². The van der Waals surface area contributed by atoms with Crippen LogP contribution in [0.3, 0.4) is 0 Å². The number of para-hydroxylation sites is 1. The van der Waals surface area contributed by atoms with Crippen molar-refractivity contribution in [1.82, 2.24) is 10.3 Å². The van der Waals surface area contributed by atoms with Crippen LogP contribution in [0.2, 0.25) is 0 Å². The fourth-order valence-corrected chi connectivity index (χ4v) is 2.98. The van der Waals surface area contributed by atoms with Gasteiger partial charge in [-0.2, -0.15) is 0 Å². The van der Waals surface area contributed by atoms with Gasteiger partial charge in [0.1, 0.15) is 5.75 Å². The molecule has 126 valence electrons. The smallest absolute Gasteiger partial charge is 0.262 e. The van der Waals surface area contributed by atoms with E-state index in [-0.39, 0.29) is 18.4 Å². The summed E-state index contributed by atoms with van der Waals surface area (Å²) in [6.07, 6.45) is 2.71. The Morgan fingerprint density at radius 1 is 1.20 bits per heavy atom. The van der Waals surface area contributed by atoms with Crippen molar-refractivity contribution in [2.75, 3.05) is 18.5 Å². The summed E-state index contributed by atoms with van der Waals surface area (Å²) in [7, 11) is 0. The van der Waals surface area contributed by atoms with Gasteiger partial charge in [-0.15, -0.1) is 0 Å². The summed E-state index contributed by atoms with van der Waals surface area (Å²) in [4.78, 5) is 26.9. The molecule has 6 nitrogen and oxygen atoms in total. The van der Waals surface area contributed by atoms with E-state index in [0.29, 0.717) is 23.5 Å². The molecule has 1 aromatic heterocycles. The molecule has 0 aliphatic carbocycles. The van der Waals surface area contributed by atoms with Crippen molar-refractivity contribution >= 4 is 28.4 Å². The Hall–Kier alpha value is -3.28. The molecular weight excluding hydrogens is 318 g/mol. The van der Waals surface area contributed by atoms with Gasteiger partial charge in [-0.1, -0.05) is 18.2 Å². The zero-order valence-corrected chi connectivity index (χ0v) is 13.5. The maximum Gasteiger partial charge on any atom is 0.262 e. The molecule has 6 heteroatoms. The third-order valence-electron chi connectivity index (χ3n) is 4.23. The van der Waals surface area contributed by atoms with Gasteiger partial charge in [0, 0.05) is 29.2 Å². The molecule has 0 radical (unpaired) electrons. The minimum atomic E-state index is -0.218. The molecule has 0 saturated heterocycles. The number of aromatic nitrogens is 1. The van der Waals surface area contributed by atoms with Crippen LogP contribution < -0.4 is 15.4 Å². The van der Waals surface area contributed by atoms with Gasteiger partial charge in [0.05, 0.1) is 5.69 Å². The second kappa shape index (κ2) is 6.32. The van der Waals surface area contributed by atoms with Gasteiger partial charge >= 0.3 is 0 Å². The number of aromatic amines is 1. The van der Waals surface area contributed by atoms with E-state index in [0.717, 1.165) is 11.9 Å². The predicted molar refractivity (Wildman–Crippen MR) is 94.9 cm³/mol. The van der Waals surface area contributed by atoms with Crippen molar-refractivity contribution in [3.05, 3.63) is 59.8 Å². The third kappa shape index (κ3) is 3.06. The normalized spacial score (nSPS) is 13.0. The highest BCUT2D eigenvalue weighted by atomic mass is 16.5. The Kier molecular flexibility index (Phi) is 3.85.